The van der Waals surface area contributed by atoms with Crippen LogP contribution in [0.5, 0.6) is 0 Å². The number of hydrogen-bond acceptors (Lipinski definition) is 4. The molecule has 2 atom stereocenters. The fraction of sp³-hybridized carbons (Fsp3) is 0.375. The molecule has 0 amide bonds. The molecule has 0 unspecified atom stereocenters. The van der Waals surface area contributed by atoms with Crippen LogP contribution in [0.15, 0.2) is 42.6 Å². The number of aromatic nitrogens is 2. The molecule has 0 spiro atoms. The summed E-state index contributed by atoms with van der Waals surface area (Å²) in [5, 5.41) is 3.48. The Kier molecular flexibility index (Phi) is 2.89. The molecule has 1 N–H and O–H groups in total. The molecule has 2 aliphatic heterocycles. The lowest BCUT2D eigenvalue weighted by Crippen LogP contribution is -2.64. The third-order valence-electron chi connectivity index (χ3n) is 4.39. The maximum absolute atomic E-state index is 4.74. The molecule has 4 rings (SSSR count). The molecular weight excluding hydrogens is 248 g/mol. The minimum Gasteiger partial charge on any atom is -0.352 e. The van der Waals surface area contributed by atoms with E-state index in [4.69, 9.17) is 4.98 Å². The van der Waals surface area contributed by atoms with Gasteiger partial charge in [-0.1, -0.05) is 30.3 Å². The number of rotatable bonds is 2. The highest BCUT2D eigenvalue weighted by molar-refractivity contribution is 5.57. The monoisotopic (exact) mass is 266 g/mol. The summed E-state index contributed by atoms with van der Waals surface area (Å²) in [5.74, 6) is 2.71. The Morgan fingerprint density at radius 1 is 1.15 bits per heavy atom. The predicted molar refractivity (Wildman–Crippen MR) is 79.6 cm³/mol. The van der Waals surface area contributed by atoms with Crippen molar-refractivity contribution in [2.24, 2.45) is 5.92 Å². The number of nitrogens with zero attached hydrogens (tertiary/aromatic N) is 3. The van der Waals surface area contributed by atoms with Crippen LogP contribution in [0.3, 0.4) is 0 Å². The average molecular weight is 266 g/mol. The highest BCUT2D eigenvalue weighted by atomic mass is 15.3. The Hall–Kier alpha value is -1.94. The largest absolute Gasteiger partial charge is 0.352 e. The summed E-state index contributed by atoms with van der Waals surface area (Å²) < 4.78 is 0. The first-order valence-electron chi connectivity index (χ1n) is 7.27. The summed E-state index contributed by atoms with van der Waals surface area (Å²) >= 11 is 0. The molecule has 2 saturated heterocycles. The Balaban J connectivity index is 1.61. The van der Waals surface area contributed by atoms with Crippen molar-refractivity contribution in [1.29, 1.82) is 0 Å². The van der Waals surface area contributed by atoms with Crippen LogP contribution in [0, 0.1) is 5.92 Å². The summed E-state index contributed by atoms with van der Waals surface area (Å²) in [7, 11) is 0. The standard InChI is InChI=1S/C16H18N4/c1-2-4-12(5-3-1)16-18-9-7-15(19-16)20-11-13-6-8-17-10-14(13)20/h1-5,7,9,13-14,17H,6,8,10-11H2/t13-,14-/m0/s1. The summed E-state index contributed by atoms with van der Waals surface area (Å²) in [6, 6.07) is 12.8. The van der Waals surface area contributed by atoms with Crippen molar-refractivity contribution in [2.45, 2.75) is 12.5 Å². The summed E-state index contributed by atoms with van der Waals surface area (Å²) in [5.41, 5.74) is 1.08. The van der Waals surface area contributed by atoms with Crippen molar-refractivity contribution >= 4 is 5.82 Å². The average Bonchev–Trinajstić information content (AvgIpc) is 2.50. The minimum absolute atomic E-state index is 0.613. The van der Waals surface area contributed by atoms with E-state index in [0.29, 0.717) is 6.04 Å². The van der Waals surface area contributed by atoms with E-state index in [1.54, 1.807) is 0 Å². The lowest BCUT2D eigenvalue weighted by atomic mass is 9.83. The molecule has 2 fully saturated rings. The number of benzene rings is 1. The van der Waals surface area contributed by atoms with Crippen molar-refractivity contribution in [2.75, 3.05) is 24.5 Å². The molecule has 0 saturated carbocycles. The van der Waals surface area contributed by atoms with E-state index in [9.17, 15) is 0 Å². The van der Waals surface area contributed by atoms with Gasteiger partial charge in [0.15, 0.2) is 5.82 Å². The molecule has 102 valence electrons. The van der Waals surface area contributed by atoms with E-state index in [2.05, 4.69) is 27.3 Å². The third kappa shape index (κ3) is 1.96. The zero-order chi connectivity index (χ0) is 13.4. The zero-order valence-corrected chi connectivity index (χ0v) is 11.4. The summed E-state index contributed by atoms with van der Waals surface area (Å²) in [6.07, 6.45) is 3.16. The normalized spacial score (nSPS) is 24.9. The van der Waals surface area contributed by atoms with Crippen LogP contribution in [-0.2, 0) is 0 Å². The molecule has 1 aromatic carbocycles. The van der Waals surface area contributed by atoms with Gasteiger partial charge in [0.2, 0.25) is 0 Å². The smallest absolute Gasteiger partial charge is 0.161 e. The number of piperidine rings is 1. The van der Waals surface area contributed by atoms with Gasteiger partial charge in [-0.05, 0) is 24.9 Å². The first-order chi connectivity index (χ1) is 9.92. The second-order valence-electron chi connectivity index (χ2n) is 5.58. The summed E-state index contributed by atoms with van der Waals surface area (Å²) in [4.78, 5) is 11.6. The van der Waals surface area contributed by atoms with Crippen LogP contribution < -0.4 is 10.2 Å². The number of nitrogens with one attached hydrogen (secondary N) is 1. The molecule has 20 heavy (non-hydrogen) atoms. The van der Waals surface area contributed by atoms with Gasteiger partial charge in [0.1, 0.15) is 5.82 Å². The van der Waals surface area contributed by atoms with Gasteiger partial charge in [-0.25, -0.2) is 9.97 Å². The van der Waals surface area contributed by atoms with Crippen LogP contribution in [0.1, 0.15) is 6.42 Å². The quantitative estimate of drug-likeness (QED) is 0.902. The van der Waals surface area contributed by atoms with Gasteiger partial charge < -0.3 is 10.2 Å². The second kappa shape index (κ2) is 4.87. The van der Waals surface area contributed by atoms with Gasteiger partial charge in [0.25, 0.3) is 0 Å². The number of hydrogen-bond donors (Lipinski definition) is 1. The molecule has 4 nitrogen and oxygen atoms in total. The summed E-state index contributed by atoms with van der Waals surface area (Å²) in [6.45, 7) is 3.38. The van der Waals surface area contributed by atoms with Gasteiger partial charge >= 0.3 is 0 Å². The minimum atomic E-state index is 0.613. The predicted octanol–water partition coefficient (Wildman–Crippen LogP) is 1.94. The molecule has 2 aliphatic rings. The fourth-order valence-electron chi connectivity index (χ4n) is 3.22. The highest BCUT2D eigenvalue weighted by Crippen LogP contribution is 2.33. The van der Waals surface area contributed by atoms with E-state index in [1.165, 1.54) is 6.42 Å². The molecular formula is C16H18N4. The Labute approximate surface area is 118 Å². The van der Waals surface area contributed by atoms with Crippen molar-refractivity contribution in [3.05, 3.63) is 42.6 Å². The van der Waals surface area contributed by atoms with Gasteiger partial charge in [0.05, 0.1) is 0 Å². The highest BCUT2D eigenvalue weighted by Gasteiger charge is 2.40. The molecule has 3 heterocycles. The third-order valence-corrected chi connectivity index (χ3v) is 4.39. The number of anilines is 1. The van der Waals surface area contributed by atoms with Crippen molar-refractivity contribution < 1.29 is 0 Å². The Bertz CT molecular complexity index is 598. The maximum Gasteiger partial charge on any atom is 0.161 e. The van der Waals surface area contributed by atoms with E-state index in [-0.39, 0.29) is 0 Å². The topological polar surface area (TPSA) is 41.1 Å². The van der Waals surface area contributed by atoms with Gasteiger partial charge in [-0.15, -0.1) is 0 Å². The van der Waals surface area contributed by atoms with Crippen molar-refractivity contribution in [3.8, 4) is 11.4 Å². The first-order valence-corrected chi connectivity index (χ1v) is 7.27. The van der Waals surface area contributed by atoms with Crippen LogP contribution in [-0.4, -0.2) is 35.6 Å². The number of fused-ring (bicyclic) bond motifs is 1. The van der Waals surface area contributed by atoms with Crippen molar-refractivity contribution in [3.63, 3.8) is 0 Å². The van der Waals surface area contributed by atoms with Gasteiger partial charge in [-0.2, -0.15) is 0 Å². The molecule has 0 radical (unpaired) electrons. The lowest BCUT2D eigenvalue weighted by molar-refractivity contribution is 0.227. The van der Waals surface area contributed by atoms with E-state index in [0.717, 1.165) is 42.8 Å². The van der Waals surface area contributed by atoms with Crippen LogP contribution in [0.4, 0.5) is 5.82 Å². The zero-order valence-electron chi connectivity index (χ0n) is 11.4. The second-order valence-corrected chi connectivity index (χ2v) is 5.58. The van der Waals surface area contributed by atoms with Crippen LogP contribution >= 0.6 is 0 Å². The lowest BCUT2D eigenvalue weighted by Gasteiger charge is -2.51. The van der Waals surface area contributed by atoms with E-state index < -0.39 is 0 Å². The first kappa shape index (κ1) is 11.9. The molecule has 0 bridgehead atoms. The molecule has 0 aliphatic carbocycles. The Morgan fingerprint density at radius 2 is 2.05 bits per heavy atom. The molecule has 4 heteroatoms. The van der Waals surface area contributed by atoms with Gasteiger partial charge in [0, 0.05) is 30.9 Å². The van der Waals surface area contributed by atoms with E-state index >= 15 is 0 Å². The fourth-order valence-corrected chi connectivity index (χ4v) is 3.22. The van der Waals surface area contributed by atoms with Crippen LogP contribution in [0.25, 0.3) is 11.4 Å². The van der Waals surface area contributed by atoms with Gasteiger partial charge in [-0.3, -0.25) is 0 Å². The molecule has 2 aromatic rings. The maximum atomic E-state index is 4.74. The molecule has 1 aromatic heterocycles. The SMILES string of the molecule is c1ccc(-c2nccc(N3C[C@@H]4CCNC[C@@H]43)n2)cc1. The van der Waals surface area contributed by atoms with Crippen molar-refractivity contribution in [1.82, 2.24) is 15.3 Å². The van der Waals surface area contributed by atoms with E-state index in [1.807, 2.05) is 30.5 Å². The Morgan fingerprint density at radius 3 is 2.90 bits per heavy atom. The van der Waals surface area contributed by atoms with Crippen LogP contribution in [0.2, 0.25) is 0 Å².